The first kappa shape index (κ1) is 13.5. The first-order valence-electron chi connectivity index (χ1n) is 7.04. The maximum Gasteiger partial charge on any atom is 0.244 e. The van der Waals surface area contributed by atoms with Crippen molar-refractivity contribution >= 4 is 5.91 Å². The highest BCUT2D eigenvalue weighted by Crippen LogP contribution is 2.41. The molecule has 0 radical (unpaired) electrons. The molecule has 0 unspecified atom stereocenters. The molecule has 4 nitrogen and oxygen atoms in total. The molecule has 1 fully saturated rings. The average molecular weight is 279 g/mol. The van der Waals surface area contributed by atoms with E-state index in [1.165, 1.54) is 12.4 Å². The van der Waals surface area contributed by atoms with Crippen molar-refractivity contribution in [3.63, 3.8) is 0 Å². The minimum atomic E-state index is -0.225. The van der Waals surface area contributed by atoms with Gasteiger partial charge in [0.1, 0.15) is 6.33 Å². The van der Waals surface area contributed by atoms with Gasteiger partial charge in [0.05, 0.1) is 5.54 Å². The van der Waals surface area contributed by atoms with Gasteiger partial charge in [-0.25, -0.2) is 9.97 Å². The Labute approximate surface area is 123 Å². The van der Waals surface area contributed by atoms with Gasteiger partial charge in [0, 0.05) is 18.0 Å². The SMILES string of the molecule is C=CC(=O)NC1(c2ccc(-c3cncnc3)cc2)CCC1. The van der Waals surface area contributed by atoms with E-state index >= 15 is 0 Å². The third-order valence-corrected chi connectivity index (χ3v) is 4.09. The lowest BCUT2D eigenvalue weighted by Gasteiger charge is -2.43. The Morgan fingerprint density at radius 3 is 2.33 bits per heavy atom. The van der Waals surface area contributed by atoms with Crippen LogP contribution in [0.5, 0.6) is 0 Å². The Morgan fingerprint density at radius 1 is 1.14 bits per heavy atom. The molecule has 21 heavy (non-hydrogen) atoms. The summed E-state index contributed by atoms with van der Waals surface area (Å²) in [5, 5.41) is 3.07. The molecule has 1 N–H and O–H groups in total. The van der Waals surface area contributed by atoms with Gasteiger partial charge < -0.3 is 5.32 Å². The molecule has 1 aliphatic carbocycles. The number of amides is 1. The molecule has 4 heteroatoms. The van der Waals surface area contributed by atoms with Crippen molar-refractivity contribution in [2.75, 3.05) is 0 Å². The van der Waals surface area contributed by atoms with E-state index in [1.807, 2.05) is 12.1 Å². The molecule has 0 bridgehead atoms. The number of nitrogens with zero attached hydrogens (tertiary/aromatic N) is 2. The molecular weight excluding hydrogens is 262 g/mol. The van der Waals surface area contributed by atoms with Crippen LogP contribution in [0.25, 0.3) is 11.1 Å². The third kappa shape index (κ3) is 2.57. The number of nitrogens with one attached hydrogen (secondary N) is 1. The lowest BCUT2D eigenvalue weighted by atomic mass is 9.71. The van der Waals surface area contributed by atoms with E-state index in [2.05, 4.69) is 34.0 Å². The van der Waals surface area contributed by atoms with Gasteiger partial charge >= 0.3 is 0 Å². The Kier molecular flexibility index (Phi) is 3.52. The second kappa shape index (κ2) is 5.48. The van der Waals surface area contributed by atoms with Gasteiger partial charge in [0.15, 0.2) is 0 Å². The van der Waals surface area contributed by atoms with Crippen LogP contribution in [0, 0.1) is 0 Å². The zero-order chi connectivity index (χ0) is 14.7. The van der Waals surface area contributed by atoms with Crippen LogP contribution in [0.4, 0.5) is 0 Å². The first-order chi connectivity index (χ1) is 10.2. The Morgan fingerprint density at radius 2 is 1.81 bits per heavy atom. The van der Waals surface area contributed by atoms with Crippen molar-refractivity contribution in [3.05, 3.63) is 61.2 Å². The van der Waals surface area contributed by atoms with E-state index in [9.17, 15) is 4.79 Å². The smallest absolute Gasteiger partial charge is 0.244 e. The van der Waals surface area contributed by atoms with Gasteiger partial charge in [-0.1, -0.05) is 30.8 Å². The van der Waals surface area contributed by atoms with Crippen LogP contribution in [0.3, 0.4) is 0 Å². The average Bonchev–Trinajstić information content (AvgIpc) is 2.52. The van der Waals surface area contributed by atoms with Crippen molar-refractivity contribution in [2.24, 2.45) is 0 Å². The zero-order valence-electron chi connectivity index (χ0n) is 11.7. The maximum atomic E-state index is 11.6. The van der Waals surface area contributed by atoms with Crippen molar-refractivity contribution < 1.29 is 4.79 Å². The molecule has 1 saturated carbocycles. The summed E-state index contributed by atoms with van der Waals surface area (Å²) in [6.45, 7) is 3.52. The van der Waals surface area contributed by atoms with E-state index in [-0.39, 0.29) is 11.4 Å². The molecule has 1 aromatic heterocycles. The van der Waals surface area contributed by atoms with Gasteiger partial charge in [-0.05, 0) is 36.5 Å². The summed E-state index contributed by atoms with van der Waals surface area (Å²) in [6.07, 6.45) is 9.51. The number of aromatic nitrogens is 2. The quantitative estimate of drug-likeness (QED) is 0.876. The van der Waals surface area contributed by atoms with Crippen molar-refractivity contribution in [3.8, 4) is 11.1 Å². The molecule has 2 aromatic rings. The monoisotopic (exact) mass is 279 g/mol. The number of benzene rings is 1. The number of carbonyl (C=O) groups is 1. The molecule has 0 spiro atoms. The summed E-state index contributed by atoms with van der Waals surface area (Å²) in [6, 6.07) is 8.25. The molecule has 0 aliphatic heterocycles. The van der Waals surface area contributed by atoms with Crippen LogP contribution >= 0.6 is 0 Å². The minimum Gasteiger partial charge on any atom is -0.343 e. The molecule has 106 valence electrons. The topological polar surface area (TPSA) is 54.9 Å². The van der Waals surface area contributed by atoms with E-state index in [4.69, 9.17) is 0 Å². The molecular formula is C17H17N3O. The van der Waals surface area contributed by atoms with E-state index in [1.54, 1.807) is 12.4 Å². The van der Waals surface area contributed by atoms with Gasteiger partial charge in [-0.15, -0.1) is 0 Å². The van der Waals surface area contributed by atoms with Crippen molar-refractivity contribution in [1.82, 2.24) is 15.3 Å². The number of hydrogen-bond donors (Lipinski definition) is 1. The fourth-order valence-electron chi connectivity index (χ4n) is 2.73. The molecule has 3 rings (SSSR count). The van der Waals surface area contributed by atoms with Crippen molar-refractivity contribution in [1.29, 1.82) is 0 Å². The van der Waals surface area contributed by atoms with Crippen molar-refractivity contribution in [2.45, 2.75) is 24.8 Å². The predicted molar refractivity (Wildman–Crippen MR) is 81.3 cm³/mol. The Hall–Kier alpha value is -2.49. The summed E-state index contributed by atoms with van der Waals surface area (Å²) >= 11 is 0. The molecule has 1 heterocycles. The largest absolute Gasteiger partial charge is 0.343 e. The molecule has 1 aliphatic rings. The normalized spacial score (nSPS) is 15.8. The summed E-state index contributed by atoms with van der Waals surface area (Å²) in [4.78, 5) is 19.7. The lowest BCUT2D eigenvalue weighted by molar-refractivity contribution is -0.119. The van der Waals surface area contributed by atoms with Gasteiger partial charge in [-0.3, -0.25) is 4.79 Å². The highest BCUT2D eigenvalue weighted by atomic mass is 16.1. The predicted octanol–water partition coefficient (Wildman–Crippen LogP) is 2.83. The first-order valence-corrected chi connectivity index (χ1v) is 7.04. The molecule has 0 atom stereocenters. The van der Waals surface area contributed by atoms with Gasteiger partial charge in [-0.2, -0.15) is 0 Å². The highest BCUT2D eigenvalue weighted by molar-refractivity contribution is 5.87. The van der Waals surface area contributed by atoms with E-state index in [0.717, 1.165) is 36.0 Å². The van der Waals surface area contributed by atoms with Crippen LogP contribution in [-0.2, 0) is 10.3 Å². The van der Waals surface area contributed by atoms with Crippen LogP contribution in [-0.4, -0.2) is 15.9 Å². The maximum absolute atomic E-state index is 11.6. The second-order valence-corrected chi connectivity index (χ2v) is 5.33. The summed E-state index contributed by atoms with van der Waals surface area (Å²) < 4.78 is 0. The van der Waals surface area contributed by atoms with Crippen LogP contribution in [0.1, 0.15) is 24.8 Å². The fraction of sp³-hybridized carbons (Fsp3) is 0.235. The number of hydrogen-bond acceptors (Lipinski definition) is 3. The Bertz CT molecular complexity index is 645. The van der Waals surface area contributed by atoms with E-state index in [0.29, 0.717) is 0 Å². The Balaban J connectivity index is 1.86. The lowest BCUT2D eigenvalue weighted by Crippen LogP contribution is -2.50. The third-order valence-electron chi connectivity index (χ3n) is 4.09. The summed E-state index contributed by atoms with van der Waals surface area (Å²) in [5.74, 6) is -0.116. The van der Waals surface area contributed by atoms with Crippen LogP contribution < -0.4 is 5.32 Å². The molecule has 0 saturated heterocycles. The molecule has 1 aromatic carbocycles. The summed E-state index contributed by atoms with van der Waals surface area (Å²) in [7, 11) is 0. The van der Waals surface area contributed by atoms with E-state index < -0.39 is 0 Å². The fourth-order valence-corrected chi connectivity index (χ4v) is 2.73. The van der Waals surface area contributed by atoms with Crippen LogP contribution in [0.15, 0.2) is 55.6 Å². The standard InChI is InChI=1S/C17H17N3O/c1-2-16(21)20-17(8-3-9-17)15-6-4-13(5-7-15)14-10-18-12-19-11-14/h2,4-7,10-12H,1,3,8-9H2,(H,20,21). The number of rotatable bonds is 4. The summed E-state index contributed by atoms with van der Waals surface area (Å²) in [5.41, 5.74) is 2.98. The molecule has 1 amide bonds. The van der Waals surface area contributed by atoms with Crippen LogP contribution in [0.2, 0.25) is 0 Å². The number of carbonyl (C=O) groups excluding carboxylic acids is 1. The van der Waals surface area contributed by atoms with Gasteiger partial charge in [0.2, 0.25) is 5.91 Å². The van der Waals surface area contributed by atoms with Gasteiger partial charge in [0.25, 0.3) is 0 Å². The second-order valence-electron chi connectivity index (χ2n) is 5.33. The highest BCUT2D eigenvalue weighted by Gasteiger charge is 2.39. The zero-order valence-corrected chi connectivity index (χ0v) is 11.7. The minimum absolute atomic E-state index is 0.116.